The first kappa shape index (κ1) is 20.4. The number of nitrogens with zero attached hydrogens (tertiary/aromatic N) is 3. The molecule has 2 aliphatic rings. The van der Waals surface area contributed by atoms with Gasteiger partial charge < -0.3 is 20.3 Å². The molecule has 1 fully saturated rings. The van der Waals surface area contributed by atoms with E-state index in [0.29, 0.717) is 5.82 Å². The minimum absolute atomic E-state index is 0.0214. The zero-order valence-corrected chi connectivity index (χ0v) is 16.1. The van der Waals surface area contributed by atoms with Crippen LogP contribution in [-0.2, 0) is 17.4 Å². The summed E-state index contributed by atoms with van der Waals surface area (Å²) in [5.41, 5.74) is -0.0483. The van der Waals surface area contributed by atoms with Gasteiger partial charge in [0.15, 0.2) is 0 Å². The normalized spacial score (nSPS) is 20.7. The summed E-state index contributed by atoms with van der Waals surface area (Å²) in [5.74, 6) is 0.561. The van der Waals surface area contributed by atoms with Crippen molar-refractivity contribution in [1.82, 2.24) is 9.97 Å². The van der Waals surface area contributed by atoms with E-state index in [9.17, 15) is 23.5 Å². The summed E-state index contributed by atoms with van der Waals surface area (Å²) >= 11 is 0. The molecule has 3 N–H and O–H groups in total. The first-order valence-corrected chi connectivity index (χ1v) is 9.56. The minimum Gasteiger partial charge on any atom is -0.423 e. The van der Waals surface area contributed by atoms with Crippen molar-refractivity contribution in [2.45, 2.75) is 45.0 Å². The fourth-order valence-corrected chi connectivity index (χ4v) is 3.92. The number of fused-ring (bicyclic) bond motifs is 1. The number of aryl methyl sites for hydroxylation is 1. The molecule has 156 valence electrons. The topological polar surface area (TPSA) is 103 Å². The minimum atomic E-state index is -4.65. The van der Waals surface area contributed by atoms with Gasteiger partial charge in [0.25, 0.3) is 0 Å². The smallest absolute Gasteiger partial charge is 0.423 e. The Morgan fingerprint density at radius 1 is 1.33 bits per heavy atom. The summed E-state index contributed by atoms with van der Waals surface area (Å²) in [6.07, 6.45) is -0.446. The van der Waals surface area contributed by atoms with Crippen LogP contribution in [0.15, 0.2) is 18.3 Å². The van der Waals surface area contributed by atoms with Crippen LogP contribution in [0.3, 0.4) is 0 Å². The van der Waals surface area contributed by atoms with E-state index in [1.54, 1.807) is 6.20 Å². The van der Waals surface area contributed by atoms with Crippen LogP contribution in [0.5, 0.6) is 0 Å². The highest BCUT2D eigenvalue weighted by molar-refractivity contribution is 6.62. The molecule has 1 aliphatic carbocycles. The van der Waals surface area contributed by atoms with E-state index in [4.69, 9.17) is 4.65 Å². The molecule has 2 heterocycles. The quantitative estimate of drug-likeness (QED) is 0.658. The second kappa shape index (κ2) is 7.77. The fourth-order valence-electron chi connectivity index (χ4n) is 3.92. The third kappa shape index (κ3) is 3.93. The van der Waals surface area contributed by atoms with Crippen LogP contribution in [0, 0.1) is 24.2 Å². The van der Waals surface area contributed by atoms with Gasteiger partial charge in [-0.3, -0.25) is 0 Å². The molecule has 4 rings (SSSR count). The summed E-state index contributed by atoms with van der Waals surface area (Å²) in [6.45, 7) is 1.70. The highest BCUT2D eigenvalue weighted by Gasteiger charge is 2.41. The van der Waals surface area contributed by atoms with Crippen LogP contribution in [0.25, 0.3) is 0 Å². The SMILES string of the molecule is Cc1cnc(Nc2cc3c(c(C(F)(F)F)c2)B(O)OC3)nc1NC1CCC[C@@H]1C#N. The Labute approximate surface area is 171 Å². The molecule has 1 unspecified atom stereocenters. The molecule has 0 bridgehead atoms. The fraction of sp³-hybridized carbons (Fsp3) is 0.421. The number of alkyl halides is 3. The lowest BCUT2D eigenvalue weighted by molar-refractivity contribution is -0.136. The molecule has 1 aromatic carbocycles. The van der Waals surface area contributed by atoms with E-state index >= 15 is 0 Å². The monoisotopic (exact) mass is 417 g/mol. The van der Waals surface area contributed by atoms with Crippen LogP contribution in [0.2, 0.25) is 0 Å². The Bertz CT molecular complexity index is 1010. The predicted molar refractivity (Wildman–Crippen MR) is 104 cm³/mol. The van der Waals surface area contributed by atoms with E-state index in [0.717, 1.165) is 30.9 Å². The van der Waals surface area contributed by atoms with Crippen LogP contribution < -0.4 is 16.1 Å². The molecule has 7 nitrogen and oxygen atoms in total. The number of rotatable bonds is 4. The lowest BCUT2D eigenvalue weighted by atomic mass is 9.75. The number of nitrogens with one attached hydrogen (secondary N) is 2. The van der Waals surface area contributed by atoms with E-state index in [-0.39, 0.29) is 41.2 Å². The molecule has 11 heteroatoms. The van der Waals surface area contributed by atoms with E-state index < -0.39 is 18.9 Å². The molecule has 1 aromatic heterocycles. The lowest BCUT2D eigenvalue weighted by Crippen LogP contribution is -2.34. The molecule has 1 saturated carbocycles. The van der Waals surface area contributed by atoms with Gasteiger partial charge in [-0.1, -0.05) is 0 Å². The average molecular weight is 417 g/mol. The lowest BCUT2D eigenvalue weighted by Gasteiger charge is -2.19. The van der Waals surface area contributed by atoms with Crippen molar-refractivity contribution in [3.8, 4) is 6.07 Å². The predicted octanol–water partition coefficient (Wildman–Crippen LogP) is 2.87. The molecular formula is C19H19BF3N5O2. The van der Waals surface area contributed by atoms with E-state index in [1.807, 2.05) is 6.92 Å². The summed E-state index contributed by atoms with van der Waals surface area (Å²) < 4.78 is 45.4. The average Bonchev–Trinajstić information content (AvgIpc) is 3.29. The number of halogens is 3. The maximum Gasteiger partial charge on any atom is 0.492 e. The zero-order valence-electron chi connectivity index (χ0n) is 16.1. The van der Waals surface area contributed by atoms with Crippen LogP contribution in [0.1, 0.15) is 36.0 Å². The number of benzene rings is 1. The van der Waals surface area contributed by atoms with Crippen molar-refractivity contribution < 1.29 is 22.8 Å². The Morgan fingerprint density at radius 3 is 2.87 bits per heavy atom. The van der Waals surface area contributed by atoms with E-state index in [1.165, 1.54) is 6.07 Å². The zero-order chi connectivity index (χ0) is 21.5. The maximum absolute atomic E-state index is 13.5. The summed E-state index contributed by atoms with van der Waals surface area (Å²) in [6, 6.07) is 4.67. The Kier molecular flexibility index (Phi) is 5.30. The van der Waals surface area contributed by atoms with Crippen LogP contribution >= 0.6 is 0 Å². The van der Waals surface area contributed by atoms with E-state index in [2.05, 4.69) is 26.7 Å². The Balaban J connectivity index is 1.62. The van der Waals surface area contributed by atoms with Gasteiger partial charge in [-0.25, -0.2) is 4.98 Å². The Hall–Kier alpha value is -2.84. The highest BCUT2D eigenvalue weighted by atomic mass is 19.4. The maximum atomic E-state index is 13.5. The number of aromatic nitrogens is 2. The molecule has 0 amide bonds. The van der Waals surface area contributed by atoms with Crippen molar-refractivity contribution in [3.63, 3.8) is 0 Å². The molecule has 2 aromatic rings. The van der Waals surface area contributed by atoms with Gasteiger partial charge in [-0.15, -0.1) is 0 Å². The van der Waals surface area contributed by atoms with Gasteiger partial charge in [0.2, 0.25) is 5.95 Å². The second-order valence-corrected chi connectivity index (χ2v) is 7.53. The third-order valence-corrected chi connectivity index (χ3v) is 5.45. The summed E-state index contributed by atoms with van der Waals surface area (Å²) in [7, 11) is -1.60. The number of hydrogen-bond acceptors (Lipinski definition) is 7. The highest BCUT2D eigenvalue weighted by Crippen LogP contribution is 2.34. The van der Waals surface area contributed by atoms with Crippen molar-refractivity contribution in [1.29, 1.82) is 5.26 Å². The van der Waals surface area contributed by atoms with Crippen LogP contribution in [-0.4, -0.2) is 28.2 Å². The molecule has 1 aliphatic heterocycles. The van der Waals surface area contributed by atoms with Crippen molar-refractivity contribution in [3.05, 3.63) is 35.0 Å². The summed E-state index contributed by atoms with van der Waals surface area (Å²) in [4.78, 5) is 8.55. The molecule has 0 radical (unpaired) electrons. The first-order chi connectivity index (χ1) is 14.3. The van der Waals surface area contributed by atoms with Crippen molar-refractivity contribution in [2.75, 3.05) is 10.6 Å². The van der Waals surface area contributed by atoms with Crippen molar-refractivity contribution in [2.24, 2.45) is 5.92 Å². The van der Waals surface area contributed by atoms with Gasteiger partial charge >= 0.3 is 13.3 Å². The largest absolute Gasteiger partial charge is 0.492 e. The van der Waals surface area contributed by atoms with Crippen LogP contribution in [0.4, 0.5) is 30.6 Å². The first-order valence-electron chi connectivity index (χ1n) is 9.56. The molecule has 2 atom stereocenters. The standard InChI is InChI=1S/C19H19BF3N5O2/c1-10-8-25-18(28-17(10)27-15-4-2-3-11(15)7-24)26-13-5-12-9-30-20(29)16(12)14(6-13)19(21,22)23/h5-6,8,11,15,29H,2-4,9H2,1H3,(H2,25,26,27,28)/t11-,15?/m1/s1. The van der Waals surface area contributed by atoms with Gasteiger partial charge in [0.1, 0.15) is 5.82 Å². The third-order valence-electron chi connectivity index (χ3n) is 5.45. The molecule has 30 heavy (non-hydrogen) atoms. The Morgan fingerprint density at radius 2 is 2.13 bits per heavy atom. The van der Waals surface area contributed by atoms with Gasteiger partial charge in [0.05, 0.1) is 24.2 Å². The second-order valence-electron chi connectivity index (χ2n) is 7.53. The number of nitriles is 1. The number of anilines is 3. The summed E-state index contributed by atoms with van der Waals surface area (Å²) in [5, 5.41) is 25.1. The molecule has 0 spiro atoms. The molecular weight excluding hydrogens is 398 g/mol. The van der Waals surface area contributed by atoms with Crippen molar-refractivity contribution >= 4 is 30.0 Å². The van der Waals surface area contributed by atoms with Gasteiger partial charge in [0, 0.05) is 29.0 Å². The van der Waals surface area contributed by atoms with Gasteiger partial charge in [-0.2, -0.15) is 23.4 Å². The van der Waals surface area contributed by atoms with Gasteiger partial charge in [-0.05, 0) is 43.9 Å². The molecule has 0 saturated heterocycles. The number of hydrogen-bond donors (Lipinski definition) is 3.